The summed E-state index contributed by atoms with van der Waals surface area (Å²) < 4.78 is 16.7. The van der Waals surface area contributed by atoms with Crippen LogP contribution in [0.25, 0.3) is 0 Å². The lowest BCUT2D eigenvalue weighted by atomic mass is 9.85. The Morgan fingerprint density at radius 3 is 2.40 bits per heavy atom. The minimum absolute atomic E-state index is 0.0821. The molecule has 2 bridgehead atoms. The summed E-state index contributed by atoms with van der Waals surface area (Å²) in [5.74, 6) is -1.89. The molecular weight excluding hydrogens is 542 g/mol. The molecule has 2 amide bonds. The van der Waals surface area contributed by atoms with Crippen LogP contribution >= 0.6 is 0 Å². The minimum Gasteiger partial charge on any atom is -0.439 e. The molecule has 0 saturated carbocycles. The maximum atomic E-state index is 13.6. The monoisotopic (exact) mass is 589 g/mol. The van der Waals surface area contributed by atoms with Crippen LogP contribution in [0.5, 0.6) is 0 Å². The van der Waals surface area contributed by atoms with Crippen LogP contribution in [0.2, 0.25) is 0 Å². The number of amides is 2. The van der Waals surface area contributed by atoms with Gasteiger partial charge in [-0.1, -0.05) is 32.9 Å². The SMILES string of the molecule is CCCNC1=C2C[C@@H](C)C[C@H](OC)[C@H](O)[C@@H](C)/C=C(/C)[C@H](OC(N)=O)[C@@H](OC)CC/C=C(/C)C(=O)NC(=CC1=O)C2=O. The molecule has 0 saturated heterocycles. The van der Waals surface area contributed by atoms with Crippen molar-refractivity contribution in [2.24, 2.45) is 17.6 Å². The second-order valence-electron chi connectivity index (χ2n) is 11.2. The van der Waals surface area contributed by atoms with Crippen molar-refractivity contribution in [3.05, 3.63) is 46.3 Å². The van der Waals surface area contributed by atoms with Crippen LogP contribution in [0.4, 0.5) is 4.79 Å². The summed E-state index contributed by atoms with van der Waals surface area (Å²) in [6.45, 7) is 9.60. The number of ketones is 2. The van der Waals surface area contributed by atoms with Crippen LogP contribution in [0.3, 0.4) is 0 Å². The van der Waals surface area contributed by atoms with Crippen molar-refractivity contribution < 1.29 is 38.5 Å². The van der Waals surface area contributed by atoms with Gasteiger partial charge in [-0.05, 0) is 57.4 Å². The van der Waals surface area contributed by atoms with Gasteiger partial charge >= 0.3 is 6.09 Å². The van der Waals surface area contributed by atoms with Gasteiger partial charge in [0.25, 0.3) is 5.91 Å². The molecule has 0 radical (unpaired) electrons. The standard InChI is InChI=1S/C31H47N3O8/c1-8-12-33-26-21-13-17(2)14-25(41-7)27(36)19(4)15-20(5)29(42-31(32)39)24(40-6)11-9-10-18(3)30(38)34-22(28(21)37)16-23(26)35/h10,15-17,19,24-25,27,29,33,36H,8-9,11-14H2,1-7H3,(H2,32,39)(H,34,38)/b18-10-,20-15-/t17-,19+,24+,25+,27-,29+/m1/s1. The molecule has 0 aromatic rings. The molecule has 0 unspecified atom stereocenters. The average Bonchev–Trinajstić information content (AvgIpc) is 2.94. The fourth-order valence-electron chi connectivity index (χ4n) is 5.33. The number of Topliss-reactive ketones (excluding diaryl/α,β-unsaturated/α-hetero) is 1. The predicted octanol–water partition coefficient (Wildman–Crippen LogP) is 2.99. The van der Waals surface area contributed by atoms with Crippen molar-refractivity contribution in [2.75, 3.05) is 20.8 Å². The molecule has 11 nitrogen and oxygen atoms in total. The second kappa shape index (κ2) is 16.4. The van der Waals surface area contributed by atoms with Gasteiger partial charge < -0.3 is 35.7 Å². The first kappa shape index (κ1) is 34.9. The number of aliphatic hydroxyl groups is 1. The first-order valence-electron chi connectivity index (χ1n) is 14.5. The van der Waals surface area contributed by atoms with E-state index in [1.807, 2.05) is 20.8 Å². The minimum atomic E-state index is -0.961. The van der Waals surface area contributed by atoms with Gasteiger partial charge in [0, 0.05) is 43.9 Å². The molecule has 6 atom stereocenters. The summed E-state index contributed by atoms with van der Waals surface area (Å²) in [4.78, 5) is 51.4. The maximum Gasteiger partial charge on any atom is 0.405 e. The summed E-state index contributed by atoms with van der Waals surface area (Å²) in [6, 6.07) is 0. The Hall–Kier alpha value is -3.28. The van der Waals surface area contributed by atoms with E-state index in [0.717, 1.165) is 12.5 Å². The van der Waals surface area contributed by atoms with Crippen molar-refractivity contribution in [1.82, 2.24) is 10.6 Å². The number of ether oxygens (including phenoxy) is 3. The average molecular weight is 590 g/mol. The van der Waals surface area contributed by atoms with Gasteiger partial charge in [0.05, 0.1) is 29.7 Å². The van der Waals surface area contributed by atoms with E-state index in [0.29, 0.717) is 42.5 Å². The molecule has 0 spiro atoms. The molecule has 0 aromatic carbocycles. The summed E-state index contributed by atoms with van der Waals surface area (Å²) in [6.07, 6.45) is 2.88. The maximum absolute atomic E-state index is 13.6. The number of methoxy groups -OCH3 is 2. The summed E-state index contributed by atoms with van der Waals surface area (Å²) in [5.41, 5.74) is 6.80. The predicted molar refractivity (Wildman–Crippen MR) is 158 cm³/mol. The van der Waals surface area contributed by atoms with E-state index in [2.05, 4.69) is 10.6 Å². The highest BCUT2D eigenvalue weighted by Crippen LogP contribution is 2.29. The van der Waals surface area contributed by atoms with Crippen molar-refractivity contribution in [2.45, 2.75) is 91.1 Å². The Morgan fingerprint density at radius 2 is 1.81 bits per heavy atom. The number of fused-ring (bicyclic) bond motifs is 2. The van der Waals surface area contributed by atoms with Crippen LogP contribution in [0.15, 0.2) is 46.3 Å². The fourth-order valence-corrected chi connectivity index (χ4v) is 5.33. The van der Waals surface area contributed by atoms with E-state index >= 15 is 0 Å². The Bertz CT molecular complexity index is 1140. The zero-order valence-electron chi connectivity index (χ0n) is 25.8. The van der Waals surface area contributed by atoms with Gasteiger partial charge in [-0.3, -0.25) is 14.4 Å². The van der Waals surface area contributed by atoms with Gasteiger partial charge in [-0.2, -0.15) is 0 Å². The molecule has 0 aromatic heterocycles. The van der Waals surface area contributed by atoms with Crippen molar-refractivity contribution >= 4 is 23.6 Å². The molecule has 2 rings (SSSR count). The molecule has 1 aliphatic carbocycles. The number of carbonyl (C=O) groups excluding carboxylic acids is 4. The number of nitrogens with one attached hydrogen (secondary N) is 2. The Balaban J connectivity index is 2.56. The number of aliphatic hydroxyl groups excluding tert-OH is 1. The topological polar surface area (TPSA) is 166 Å². The molecule has 1 heterocycles. The Kier molecular flexibility index (Phi) is 13.6. The largest absolute Gasteiger partial charge is 0.439 e. The lowest BCUT2D eigenvalue weighted by molar-refractivity contribution is -0.120. The first-order valence-corrected chi connectivity index (χ1v) is 14.5. The van der Waals surface area contributed by atoms with E-state index in [1.165, 1.54) is 14.2 Å². The van der Waals surface area contributed by atoms with Crippen molar-refractivity contribution in [3.8, 4) is 0 Å². The zero-order valence-corrected chi connectivity index (χ0v) is 25.8. The molecule has 234 valence electrons. The third-order valence-corrected chi connectivity index (χ3v) is 7.67. The zero-order chi connectivity index (χ0) is 31.6. The highest BCUT2D eigenvalue weighted by Gasteiger charge is 2.33. The highest BCUT2D eigenvalue weighted by atomic mass is 16.6. The third kappa shape index (κ3) is 9.37. The van der Waals surface area contributed by atoms with Crippen LogP contribution in [-0.4, -0.2) is 73.9 Å². The summed E-state index contributed by atoms with van der Waals surface area (Å²) >= 11 is 0. The third-order valence-electron chi connectivity index (χ3n) is 7.67. The number of primary amides is 1. The van der Waals surface area contributed by atoms with Crippen molar-refractivity contribution in [3.63, 3.8) is 0 Å². The number of allylic oxidation sites excluding steroid dienone is 3. The molecule has 2 aliphatic rings. The fraction of sp³-hybridized carbons (Fsp3) is 0.613. The van der Waals surface area contributed by atoms with E-state index in [1.54, 1.807) is 26.0 Å². The molecule has 1 aliphatic heterocycles. The van der Waals surface area contributed by atoms with Crippen LogP contribution in [0, 0.1) is 11.8 Å². The lowest BCUT2D eigenvalue weighted by Crippen LogP contribution is -2.38. The number of hydrogen-bond donors (Lipinski definition) is 4. The van der Waals surface area contributed by atoms with Crippen LogP contribution in [-0.2, 0) is 28.6 Å². The molecule has 42 heavy (non-hydrogen) atoms. The molecule has 5 N–H and O–H groups in total. The summed E-state index contributed by atoms with van der Waals surface area (Å²) in [5, 5.41) is 17.0. The molecule has 11 heteroatoms. The first-order chi connectivity index (χ1) is 19.8. The number of rotatable bonds is 6. The van der Waals surface area contributed by atoms with Gasteiger partial charge in [0.1, 0.15) is 0 Å². The van der Waals surface area contributed by atoms with Gasteiger partial charge in [-0.15, -0.1) is 0 Å². The van der Waals surface area contributed by atoms with E-state index in [9.17, 15) is 24.3 Å². The summed E-state index contributed by atoms with van der Waals surface area (Å²) in [7, 11) is 3.00. The highest BCUT2D eigenvalue weighted by molar-refractivity contribution is 6.23. The molecule has 0 fully saturated rings. The van der Waals surface area contributed by atoms with Crippen molar-refractivity contribution in [1.29, 1.82) is 0 Å². The smallest absolute Gasteiger partial charge is 0.405 e. The van der Waals surface area contributed by atoms with Gasteiger partial charge in [-0.25, -0.2) is 4.79 Å². The van der Waals surface area contributed by atoms with E-state index in [4.69, 9.17) is 19.9 Å². The Labute approximate surface area is 248 Å². The van der Waals surface area contributed by atoms with E-state index in [-0.39, 0.29) is 29.5 Å². The number of hydrogen-bond acceptors (Lipinski definition) is 9. The van der Waals surface area contributed by atoms with Crippen LogP contribution < -0.4 is 16.4 Å². The Morgan fingerprint density at radius 1 is 1.14 bits per heavy atom. The van der Waals surface area contributed by atoms with Gasteiger partial charge in [0.15, 0.2) is 6.10 Å². The quantitative estimate of drug-likeness (QED) is 0.269. The number of nitrogens with two attached hydrogens (primary N) is 1. The van der Waals surface area contributed by atoms with E-state index < -0.39 is 48.1 Å². The molecular formula is C31H47N3O8. The number of carbonyl (C=O) groups is 4. The lowest BCUT2D eigenvalue weighted by Gasteiger charge is -2.30. The second-order valence-corrected chi connectivity index (χ2v) is 11.2. The van der Waals surface area contributed by atoms with Crippen LogP contribution in [0.1, 0.15) is 66.7 Å². The normalized spacial score (nSPS) is 31.3. The van der Waals surface area contributed by atoms with Gasteiger partial charge in [0.2, 0.25) is 11.6 Å².